The molecule has 0 aromatic heterocycles. The number of rotatable bonds is 5. The molecule has 1 aliphatic carbocycles. The van der Waals surface area contributed by atoms with Crippen LogP contribution in [0.15, 0.2) is 24.3 Å². The molecule has 88 valence electrons. The van der Waals surface area contributed by atoms with Gasteiger partial charge in [-0.1, -0.05) is 30.7 Å². The van der Waals surface area contributed by atoms with E-state index in [1.165, 1.54) is 12.8 Å². The van der Waals surface area contributed by atoms with Gasteiger partial charge in [0.25, 0.3) is 0 Å². The Hall–Kier alpha value is -0.570. The van der Waals surface area contributed by atoms with E-state index in [0.717, 1.165) is 17.0 Å². The summed E-state index contributed by atoms with van der Waals surface area (Å²) in [5.41, 5.74) is 0.753. The first-order valence-electron chi connectivity index (χ1n) is 5.85. The standard InChI is InChI=1S/C13H18ClNO/c1-2-13(9-16,15-12-6-7-12)10-4-3-5-11(14)8-10/h3-5,8,12,15-16H,2,6-7,9H2,1H3. The Morgan fingerprint density at radius 1 is 1.50 bits per heavy atom. The molecule has 1 aliphatic rings. The number of aliphatic hydroxyl groups is 1. The van der Waals surface area contributed by atoms with Crippen molar-refractivity contribution < 1.29 is 5.11 Å². The van der Waals surface area contributed by atoms with Crippen molar-refractivity contribution in [1.82, 2.24) is 5.32 Å². The van der Waals surface area contributed by atoms with E-state index in [9.17, 15) is 5.11 Å². The van der Waals surface area contributed by atoms with Crippen LogP contribution in [0.5, 0.6) is 0 Å². The molecule has 0 bridgehead atoms. The van der Waals surface area contributed by atoms with Crippen LogP contribution in [0.4, 0.5) is 0 Å². The van der Waals surface area contributed by atoms with Crippen molar-refractivity contribution >= 4 is 11.6 Å². The zero-order valence-electron chi connectivity index (χ0n) is 9.54. The molecule has 3 heteroatoms. The molecular weight excluding hydrogens is 222 g/mol. The van der Waals surface area contributed by atoms with E-state index in [4.69, 9.17) is 11.6 Å². The Balaban J connectivity index is 2.28. The summed E-state index contributed by atoms with van der Waals surface area (Å²) in [6.45, 7) is 2.20. The van der Waals surface area contributed by atoms with Gasteiger partial charge in [-0.05, 0) is 37.0 Å². The summed E-state index contributed by atoms with van der Waals surface area (Å²) < 4.78 is 0. The molecule has 16 heavy (non-hydrogen) atoms. The first kappa shape index (κ1) is 11.9. The van der Waals surface area contributed by atoms with Gasteiger partial charge >= 0.3 is 0 Å². The van der Waals surface area contributed by atoms with E-state index >= 15 is 0 Å². The molecule has 1 saturated carbocycles. The summed E-state index contributed by atoms with van der Waals surface area (Å²) in [6.07, 6.45) is 3.28. The average Bonchev–Trinajstić information content (AvgIpc) is 3.10. The summed E-state index contributed by atoms with van der Waals surface area (Å²) in [4.78, 5) is 0. The van der Waals surface area contributed by atoms with Crippen LogP contribution in [0.3, 0.4) is 0 Å². The van der Waals surface area contributed by atoms with E-state index in [-0.39, 0.29) is 12.1 Å². The number of aliphatic hydroxyl groups excluding tert-OH is 1. The number of hydrogen-bond donors (Lipinski definition) is 2. The fourth-order valence-corrected chi connectivity index (χ4v) is 2.23. The van der Waals surface area contributed by atoms with Crippen molar-refractivity contribution in [2.45, 2.75) is 37.8 Å². The molecule has 2 N–H and O–H groups in total. The van der Waals surface area contributed by atoms with E-state index in [2.05, 4.69) is 12.2 Å². The van der Waals surface area contributed by atoms with Crippen LogP contribution in [0.25, 0.3) is 0 Å². The molecular formula is C13H18ClNO. The van der Waals surface area contributed by atoms with Gasteiger partial charge in [0.2, 0.25) is 0 Å². The van der Waals surface area contributed by atoms with Crippen LogP contribution >= 0.6 is 11.6 Å². The fourth-order valence-electron chi connectivity index (χ4n) is 2.04. The molecule has 2 nitrogen and oxygen atoms in total. The molecule has 1 atom stereocenters. The molecule has 0 heterocycles. The maximum Gasteiger partial charge on any atom is 0.0669 e. The Kier molecular flexibility index (Phi) is 3.53. The maximum absolute atomic E-state index is 9.69. The molecule has 1 aromatic carbocycles. The molecule has 0 saturated heterocycles. The van der Waals surface area contributed by atoms with E-state index in [0.29, 0.717) is 6.04 Å². The molecule has 2 rings (SSSR count). The van der Waals surface area contributed by atoms with Crippen LogP contribution in [0.2, 0.25) is 5.02 Å². The summed E-state index contributed by atoms with van der Waals surface area (Å²) in [5.74, 6) is 0. The number of hydrogen-bond acceptors (Lipinski definition) is 2. The molecule has 1 unspecified atom stereocenters. The zero-order valence-corrected chi connectivity index (χ0v) is 10.3. The first-order chi connectivity index (χ1) is 7.70. The van der Waals surface area contributed by atoms with Gasteiger partial charge in [-0.3, -0.25) is 0 Å². The summed E-state index contributed by atoms with van der Waals surface area (Å²) in [7, 11) is 0. The van der Waals surface area contributed by atoms with Gasteiger partial charge in [0.15, 0.2) is 0 Å². The van der Waals surface area contributed by atoms with Gasteiger partial charge < -0.3 is 10.4 Å². The highest BCUT2D eigenvalue weighted by Crippen LogP contribution is 2.31. The lowest BCUT2D eigenvalue weighted by atomic mass is 9.88. The van der Waals surface area contributed by atoms with Crippen LogP contribution in [0.1, 0.15) is 31.7 Å². The highest BCUT2D eigenvalue weighted by Gasteiger charge is 2.35. The highest BCUT2D eigenvalue weighted by atomic mass is 35.5. The van der Waals surface area contributed by atoms with Crippen molar-refractivity contribution in [3.8, 4) is 0 Å². The van der Waals surface area contributed by atoms with Crippen LogP contribution in [-0.2, 0) is 5.54 Å². The summed E-state index contributed by atoms with van der Waals surface area (Å²) >= 11 is 6.01. The van der Waals surface area contributed by atoms with Gasteiger partial charge in [0.1, 0.15) is 0 Å². The van der Waals surface area contributed by atoms with Crippen LogP contribution in [0, 0.1) is 0 Å². The zero-order chi connectivity index (χ0) is 11.6. The van der Waals surface area contributed by atoms with Crippen molar-refractivity contribution in [2.75, 3.05) is 6.61 Å². The van der Waals surface area contributed by atoms with E-state index in [1.807, 2.05) is 24.3 Å². The quantitative estimate of drug-likeness (QED) is 0.828. The monoisotopic (exact) mass is 239 g/mol. The maximum atomic E-state index is 9.69. The van der Waals surface area contributed by atoms with Crippen molar-refractivity contribution in [1.29, 1.82) is 0 Å². The van der Waals surface area contributed by atoms with Gasteiger partial charge in [0.05, 0.1) is 12.1 Å². The van der Waals surface area contributed by atoms with E-state index in [1.54, 1.807) is 0 Å². The fraction of sp³-hybridized carbons (Fsp3) is 0.538. The topological polar surface area (TPSA) is 32.3 Å². The number of nitrogens with one attached hydrogen (secondary N) is 1. The third-order valence-electron chi connectivity index (χ3n) is 3.31. The van der Waals surface area contributed by atoms with Gasteiger partial charge in [-0.25, -0.2) is 0 Å². The third kappa shape index (κ3) is 2.40. The smallest absolute Gasteiger partial charge is 0.0669 e. The Morgan fingerprint density at radius 2 is 2.25 bits per heavy atom. The lowest BCUT2D eigenvalue weighted by Crippen LogP contribution is -2.46. The Bertz CT molecular complexity index is 359. The minimum Gasteiger partial charge on any atom is -0.394 e. The molecule has 1 aromatic rings. The average molecular weight is 240 g/mol. The lowest BCUT2D eigenvalue weighted by Gasteiger charge is -2.33. The van der Waals surface area contributed by atoms with Gasteiger partial charge in [-0.15, -0.1) is 0 Å². The predicted octanol–water partition coefficient (Wildman–Crippen LogP) is 2.69. The van der Waals surface area contributed by atoms with Crippen LogP contribution < -0.4 is 5.32 Å². The number of halogens is 1. The molecule has 0 amide bonds. The van der Waals surface area contributed by atoms with Gasteiger partial charge in [-0.2, -0.15) is 0 Å². The van der Waals surface area contributed by atoms with Crippen molar-refractivity contribution in [3.05, 3.63) is 34.9 Å². The lowest BCUT2D eigenvalue weighted by molar-refractivity contribution is 0.153. The Labute approximate surface area is 102 Å². The minimum atomic E-state index is -0.327. The first-order valence-corrected chi connectivity index (χ1v) is 6.22. The van der Waals surface area contributed by atoms with E-state index < -0.39 is 0 Å². The molecule has 1 fully saturated rings. The predicted molar refractivity (Wildman–Crippen MR) is 66.7 cm³/mol. The summed E-state index contributed by atoms with van der Waals surface area (Å²) in [5, 5.41) is 14.0. The molecule has 0 radical (unpaired) electrons. The second-order valence-electron chi connectivity index (χ2n) is 4.52. The normalized spacial score (nSPS) is 19.4. The van der Waals surface area contributed by atoms with Crippen molar-refractivity contribution in [3.63, 3.8) is 0 Å². The largest absolute Gasteiger partial charge is 0.394 e. The number of benzene rings is 1. The third-order valence-corrected chi connectivity index (χ3v) is 3.54. The SMILES string of the molecule is CCC(CO)(NC1CC1)c1cccc(Cl)c1. The summed E-state index contributed by atoms with van der Waals surface area (Å²) in [6, 6.07) is 8.33. The second kappa shape index (κ2) is 4.74. The van der Waals surface area contributed by atoms with Crippen LogP contribution in [-0.4, -0.2) is 17.8 Å². The second-order valence-corrected chi connectivity index (χ2v) is 4.96. The van der Waals surface area contributed by atoms with Gasteiger partial charge in [0, 0.05) is 11.1 Å². The minimum absolute atomic E-state index is 0.111. The molecule has 0 aliphatic heterocycles. The Morgan fingerprint density at radius 3 is 2.75 bits per heavy atom. The van der Waals surface area contributed by atoms with Crippen molar-refractivity contribution in [2.24, 2.45) is 0 Å². The molecule has 0 spiro atoms. The highest BCUT2D eigenvalue weighted by molar-refractivity contribution is 6.30.